The second-order valence-electron chi connectivity index (χ2n) is 14.6. The maximum absolute atomic E-state index is 6.88. The number of aromatic nitrogens is 3. The summed E-state index contributed by atoms with van der Waals surface area (Å²) in [6.07, 6.45) is 0. The predicted molar refractivity (Wildman–Crippen MR) is 225 cm³/mol. The van der Waals surface area contributed by atoms with Crippen molar-refractivity contribution in [2.75, 3.05) is 0 Å². The van der Waals surface area contributed by atoms with Gasteiger partial charge in [0.15, 0.2) is 17.5 Å². The van der Waals surface area contributed by atoms with Gasteiger partial charge in [-0.25, -0.2) is 15.0 Å². The first-order chi connectivity index (χ1) is 27.8. The molecular formula is C52H31N3O. The molecule has 1 spiro atoms. The zero-order valence-corrected chi connectivity index (χ0v) is 30.1. The molecule has 4 heteroatoms. The summed E-state index contributed by atoms with van der Waals surface area (Å²) in [7, 11) is 0. The average molecular weight is 714 g/mol. The van der Waals surface area contributed by atoms with Crippen LogP contribution in [0.2, 0.25) is 0 Å². The summed E-state index contributed by atoms with van der Waals surface area (Å²) in [5.74, 6) is 1.92. The van der Waals surface area contributed by atoms with Crippen molar-refractivity contribution in [2.24, 2.45) is 0 Å². The molecule has 0 atom stereocenters. The van der Waals surface area contributed by atoms with Crippen molar-refractivity contribution in [3.8, 4) is 67.5 Å². The molecule has 2 aromatic heterocycles. The molecule has 0 saturated heterocycles. The zero-order chi connectivity index (χ0) is 36.8. The second-order valence-corrected chi connectivity index (χ2v) is 14.6. The maximum Gasteiger partial charge on any atom is 0.164 e. The quantitative estimate of drug-likeness (QED) is 0.182. The Labute approximate surface area is 323 Å². The Bertz CT molecular complexity index is 3080. The number of para-hydroxylation sites is 1. The molecule has 0 fully saturated rings. The van der Waals surface area contributed by atoms with Gasteiger partial charge < -0.3 is 4.42 Å². The predicted octanol–water partition coefficient (Wildman–Crippen LogP) is 12.8. The third-order valence-corrected chi connectivity index (χ3v) is 11.8. The summed E-state index contributed by atoms with van der Waals surface area (Å²) >= 11 is 0. The first-order valence-electron chi connectivity index (χ1n) is 19.0. The van der Waals surface area contributed by atoms with Crippen LogP contribution in [0.3, 0.4) is 0 Å². The fraction of sp³-hybridized carbons (Fsp3) is 0.0192. The molecule has 0 unspecified atom stereocenters. The largest absolute Gasteiger partial charge is 0.455 e. The summed E-state index contributed by atoms with van der Waals surface area (Å²) in [5, 5.41) is 2.27. The highest BCUT2D eigenvalue weighted by Gasteiger charge is 2.52. The van der Waals surface area contributed by atoms with E-state index in [1.807, 2.05) is 60.7 Å². The van der Waals surface area contributed by atoms with Crippen molar-refractivity contribution in [3.05, 3.63) is 210 Å². The number of hydrogen-bond donors (Lipinski definition) is 0. The zero-order valence-electron chi connectivity index (χ0n) is 30.1. The molecule has 2 heterocycles. The van der Waals surface area contributed by atoms with Gasteiger partial charge in [-0.2, -0.15) is 0 Å². The van der Waals surface area contributed by atoms with Gasteiger partial charge in [-0.3, -0.25) is 0 Å². The third kappa shape index (κ3) is 4.27. The molecule has 0 bridgehead atoms. The lowest BCUT2D eigenvalue weighted by atomic mass is 9.70. The number of hydrogen-bond acceptors (Lipinski definition) is 4. The summed E-state index contributed by atoms with van der Waals surface area (Å²) in [4.78, 5) is 14.8. The Balaban J connectivity index is 1.02. The summed E-state index contributed by atoms with van der Waals surface area (Å²) in [6.45, 7) is 0. The Kier molecular flexibility index (Phi) is 6.52. The van der Waals surface area contributed by atoms with Crippen LogP contribution in [-0.4, -0.2) is 15.0 Å². The molecule has 2 aliphatic rings. The van der Waals surface area contributed by atoms with Crippen molar-refractivity contribution >= 4 is 21.9 Å². The van der Waals surface area contributed by atoms with Crippen LogP contribution >= 0.6 is 0 Å². The summed E-state index contributed by atoms with van der Waals surface area (Å²) in [5.41, 5.74) is 16.7. The number of nitrogens with zero attached hydrogens (tertiary/aromatic N) is 3. The Hall–Kier alpha value is -7.43. The number of rotatable bonds is 4. The molecule has 56 heavy (non-hydrogen) atoms. The van der Waals surface area contributed by atoms with Gasteiger partial charge in [0.05, 0.1) is 5.41 Å². The van der Waals surface area contributed by atoms with Crippen LogP contribution in [0.4, 0.5) is 0 Å². The van der Waals surface area contributed by atoms with E-state index in [0.717, 1.165) is 49.8 Å². The van der Waals surface area contributed by atoms with Crippen LogP contribution in [-0.2, 0) is 5.41 Å². The van der Waals surface area contributed by atoms with Crippen LogP contribution in [0.1, 0.15) is 22.3 Å². The van der Waals surface area contributed by atoms with E-state index in [0.29, 0.717) is 17.5 Å². The van der Waals surface area contributed by atoms with Crippen molar-refractivity contribution < 1.29 is 4.42 Å². The fourth-order valence-electron chi connectivity index (χ4n) is 9.43. The van der Waals surface area contributed by atoms with Crippen LogP contribution in [0.15, 0.2) is 192 Å². The van der Waals surface area contributed by atoms with Gasteiger partial charge in [-0.1, -0.05) is 182 Å². The number of furan rings is 1. The summed E-state index contributed by atoms with van der Waals surface area (Å²) in [6, 6.07) is 66.5. The molecule has 10 aromatic rings. The van der Waals surface area contributed by atoms with E-state index in [4.69, 9.17) is 19.4 Å². The van der Waals surface area contributed by atoms with Crippen molar-refractivity contribution in [1.82, 2.24) is 15.0 Å². The molecule has 260 valence electrons. The fourth-order valence-corrected chi connectivity index (χ4v) is 9.43. The number of benzene rings is 8. The van der Waals surface area contributed by atoms with E-state index in [2.05, 4.69) is 127 Å². The van der Waals surface area contributed by atoms with Gasteiger partial charge in [0, 0.05) is 33.0 Å². The van der Waals surface area contributed by atoms with Crippen LogP contribution in [0.25, 0.3) is 89.5 Å². The van der Waals surface area contributed by atoms with E-state index in [1.54, 1.807) is 0 Å². The Morgan fingerprint density at radius 1 is 0.339 bits per heavy atom. The lowest BCUT2D eigenvalue weighted by Crippen LogP contribution is -2.25. The van der Waals surface area contributed by atoms with Gasteiger partial charge in [0.2, 0.25) is 0 Å². The van der Waals surface area contributed by atoms with Gasteiger partial charge in [0.25, 0.3) is 0 Å². The van der Waals surface area contributed by atoms with Gasteiger partial charge in [-0.15, -0.1) is 0 Å². The third-order valence-electron chi connectivity index (χ3n) is 11.8. The molecule has 0 saturated carbocycles. The number of fused-ring (bicyclic) bond motifs is 14. The normalized spacial score (nSPS) is 13.1. The minimum atomic E-state index is -0.403. The van der Waals surface area contributed by atoms with Crippen LogP contribution < -0.4 is 0 Å². The lowest BCUT2D eigenvalue weighted by Gasteiger charge is -2.30. The van der Waals surface area contributed by atoms with E-state index >= 15 is 0 Å². The highest BCUT2D eigenvalue weighted by molar-refractivity contribution is 6.18. The van der Waals surface area contributed by atoms with E-state index < -0.39 is 5.41 Å². The molecule has 2 aliphatic carbocycles. The Morgan fingerprint density at radius 3 is 1.39 bits per heavy atom. The van der Waals surface area contributed by atoms with Crippen molar-refractivity contribution in [1.29, 1.82) is 0 Å². The van der Waals surface area contributed by atoms with Gasteiger partial charge in [0.1, 0.15) is 11.2 Å². The smallest absolute Gasteiger partial charge is 0.164 e. The average Bonchev–Trinajstić information content (AvgIpc) is 3.91. The van der Waals surface area contributed by atoms with Crippen molar-refractivity contribution in [3.63, 3.8) is 0 Å². The van der Waals surface area contributed by atoms with Gasteiger partial charge >= 0.3 is 0 Å². The topological polar surface area (TPSA) is 51.8 Å². The molecular weight excluding hydrogens is 683 g/mol. The Morgan fingerprint density at radius 2 is 0.804 bits per heavy atom. The van der Waals surface area contributed by atoms with Crippen molar-refractivity contribution in [2.45, 2.75) is 5.41 Å². The molecule has 4 nitrogen and oxygen atoms in total. The minimum Gasteiger partial charge on any atom is -0.455 e. The summed E-state index contributed by atoms with van der Waals surface area (Å²) < 4.78 is 6.88. The van der Waals surface area contributed by atoms with Gasteiger partial charge in [-0.05, 0) is 56.1 Å². The lowest BCUT2D eigenvalue weighted by molar-refractivity contribution is 0.669. The second kappa shape index (κ2) is 11.8. The monoisotopic (exact) mass is 713 g/mol. The first kappa shape index (κ1) is 31.0. The molecule has 0 amide bonds. The van der Waals surface area contributed by atoms with E-state index in [1.165, 1.54) is 44.5 Å². The van der Waals surface area contributed by atoms with Crippen LogP contribution in [0, 0.1) is 0 Å². The first-order valence-corrected chi connectivity index (χ1v) is 19.0. The highest BCUT2D eigenvalue weighted by atomic mass is 16.3. The molecule has 8 aromatic carbocycles. The standard InChI is InChI=1S/C52H31N3O/c1-3-14-33(15-4-1)49-53-50(34-16-5-2-6-17-34)55-51(54-49)35-28-26-32(27-29-35)36-21-13-22-40-47-45(56-48(36)40)31-30-44-46(47)39-20-9-12-25-43(39)52(44)41-23-10-7-18-37(41)38-19-8-11-24-42(38)52/h1-31H. The molecule has 0 N–H and O–H groups in total. The minimum absolute atomic E-state index is 0.403. The van der Waals surface area contributed by atoms with E-state index in [9.17, 15) is 0 Å². The SMILES string of the molecule is c1ccc(-c2nc(-c3ccccc3)nc(-c3ccc(-c4cccc5c4oc4ccc6c(c45)-c4ccccc4C64c5ccccc5-c5ccccc54)cc3)n2)cc1. The maximum atomic E-state index is 6.88. The molecule has 0 radical (unpaired) electrons. The molecule has 12 rings (SSSR count). The molecule has 0 aliphatic heterocycles. The van der Waals surface area contributed by atoms with Crippen LogP contribution in [0.5, 0.6) is 0 Å². The van der Waals surface area contributed by atoms with E-state index in [-0.39, 0.29) is 0 Å². The highest BCUT2D eigenvalue weighted by Crippen LogP contribution is 2.64.